The molecule has 6 nitrogen and oxygen atoms in total. The van der Waals surface area contributed by atoms with Crippen LogP contribution >= 0.6 is 11.6 Å². The molecule has 0 atom stereocenters. The number of carbonyl (C=O) groups excluding carboxylic acids is 2. The number of ether oxygens (including phenoxy) is 1. The highest BCUT2D eigenvalue weighted by Crippen LogP contribution is 2.34. The van der Waals surface area contributed by atoms with Crippen LogP contribution in [0.5, 0.6) is 5.75 Å². The maximum atomic E-state index is 12.1. The fourth-order valence-corrected chi connectivity index (χ4v) is 2.53. The quantitative estimate of drug-likeness (QED) is 0.675. The summed E-state index contributed by atoms with van der Waals surface area (Å²) in [5.74, 6) is -0.211. The lowest BCUT2D eigenvalue weighted by Gasteiger charge is -2.28. The highest BCUT2D eigenvalue weighted by atomic mass is 35.5. The molecular formula is C18H16ClN3O3. The second-order valence-electron chi connectivity index (χ2n) is 5.58. The zero-order chi connectivity index (χ0) is 17.8. The first-order chi connectivity index (χ1) is 12.0. The number of aryl methyl sites for hydroxylation is 1. The summed E-state index contributed by atoms with van der Waals surface area (Å²) in [6, 6.07) is 12.6. The Morgan fingerprint density at radius 3 is 2.84 bits per heavy atom. The predicted molar refractivity (Wildman–Crippen MR) is 96.2 cm³/mol. The van der Waals surface area contributed by atoms with Gasteiger partial charge >= 0.3 is 0 Å². The molecule has 0 fully saturated rings. The van der Waals surface area contributed by atoms with Crippen LogP contribution in [0, 0.1) is 6.92 Å². The summed E-state index contributed by atoms with van der Waals surface area (Å²) in [5, 5.41) is 4.37. The normalized spacial score (nSPS) is 13.5. The molecule has 0 aliphatic carbocycles. The van der Waals surface area contributed by atoms with Gasteiger partial charge in [-0.15, -0.1) is 0 Å². The number of amides is 2. The smallest absolute Gasteiger partial charge is 0.265 e. The van der Waals surface area contributed by atoms with E-state index in [0.717, 1.165) is 11.1 Å². The Morgan fingerprint density at radius 1 is 1.32 bits per heavy atom. The van der Waals surface area contributed by atoms with Crippen molar-refractivity contribution in [2.45, 2.75) is 6.92 Å². The van der Waals surface area contributed by atoms with Gasteiger partial charge in [0.1, 0.15) is 12.3 Å². The van der Waals surface area contributed by atoms with Crippen LogP contribution in [0.4, 0.5) is 5.69 Å². The number of anilines is 1. The zero-order valence-electron chi connectivity index (χ0n) is 13.5. The predicted octanol–water partition coefficient (Wildman–Crippen LogP) is 2.52. The monoisotopic (exact) mass is 357 g/mol. The summed E-state index contributed by atoms with van der Waals surface area (Å²) in [6.45, 7) is 1.71. The molecule has 7 heteroatoms. The molecule has 0 radical (unpaired) electrons. The van der Waals surface area contributed by atoms with Crippen LogP contribution in [0.2, 0.25) is 5.02 Å². The number of nitrogens with zero attached hydrogens (tertiary/aromatic N) is 2. The van der Waals surface area contributed by atoms with Gasteiger partial charge in [0, 0.05) is 5.02 Å². The number of fused-ring (bicyclic) bond motifs is 1. The van der Waals surface area contributed by atoms with Crippen molar-refractivity contribution in [3.63, 3.8) is 0 Å². The van der Waals surface area contributed by atoms with Gasteiger partial charge in [-0.25, -0.2) is 5.43 Å². The van der Waals surface area contributed by atoms with Crippen LogP contribution in [-0.4, -0.2) is 31.2 Å². The summed E-state index contributed by atoms with van der Waals surface area (Å²) in [7, 11) is 0. The van der Waals surface area contributed by atoms with Gasteiger partial charge in [-0.1, -0.05) is 41.4 Å². The van der Waals surface area contributed by atoms with E-state index in [-0.39, 0.29) is 19.1 Å². The zero-order valence-corrected chi connectivity index (χ0v) is 14.3. The van der Waals surface area contributed by atoms with Crippen LogP contribution in [0.25, 0.3) is 0 Å². The molecule has 2 aromatic carbocycles. The molecule has 0 aromatic heterocycles. The molecule has 0 unspecified atom stereocenters. The summed E-state index contributed by atoms with van der Waals surface area (Å²) in [5.41, 5.74) is 4.90. The largest absolute Gasteiger partial charge is 0.482 e. The van der Waals surface area contributed by atoms with E-state index in [1.165, 1.54) is 4.90 Å². The van der Waals surface area contributed by atoms with E-state index in [0.29, 0.717) is 16.5 Å². The maximum absolute atomic E-state index is 12.1. The lowest BCUT2D eigenvalue weighted by molar-refractivity contribution is -0.125. The Bertz CT molecular complexity index is 834. The lowest BCUT2D eigenvalue weighted by Crippen LogP contribution is -2.44. The van der Waals surface area contributed by atoms with Gasteiger partial charge in [0.25, 0.3) is 11.8 Å². The van der Waals surface area contributed by atoms with E-state index in [1.54, 1.807) is 24.4 Å². The molecule has 0 saturated carbocycles. The van der Waals surface area contributed by atoms with Crippen LogP contribution in [-0.2, 0) is 9.59 Å². The standard InChI is InChI=1S/C18H16ClN3O3/c1-12-2-4-13(5-3-12)9-20-21-17(23)10-22-15-8-14(19)6-7-16(15)25-11-18(22)24/h2-9H,10-11H2,1H3,(H,21,23)/b20-9+. The minimum atomic E-state index is -0.412. The van der Waals surface area contributed by atoms with Crippen molar-refractivity contribution in [2.24, 2.45) is 5.10 Å². The van der Waals surface area contributed by atoms with Crippen LogP contribution in [0.15, 0.2) is 47.6 Å². The first-order valence-electron chi connectivity index (χ1n) is 7.64. The Balaban J connectivity index is 1.65. The fourth-order valence-electron chi connectivity index (χ4n) is 2.36. The van der Waals surface area contributed by atoms with Gasteiger partial charge in [0.05, 0.1) is 11.9 Å². The van der Waals surface area contributed by atoms with Gasteiger partial charge in [0.2, 0.25) is 0 Å². The summed E-state index contributed by atoms with van der Waals surface area (Å²) >= 11 is 5.97. The van der Waals surface area contributed by atoms with Gasteiger partial charge < -0.3 is 4.74 Å². The van der Waals surface area contributed by atoms with Crippen molar-refractivity contribution in [3.8, 4) is 5.75 Å². The average Bonchev–Trinajstić information content (AvgIpc) is 2.59. The molecule has 2 aromatic rings. The van der Waals surface area contributed by atoms with E-state index in [9.17, 15) is 9.59 Å². The third-order valence-corrected chi connectivity index (χ3v) is 3.88. The van der Waals surface area contributed by atoms with Crippen molar-refractivity contribution in [2.75, 3.05) is 18.1 Å². The molecule has 0 bridgehead atoms. The number of benzene rings is 2. The molecule has 128 valence electrons. The number of rotatable bonds is 4. The van der Waals surface area contributed by atoms with Gasteiger partial charge in [-0.3, -0.25) is 14.5 Å². The minimum Gasteiger partial charge on any atom is -0.482 e. The fraction of sp³-hybridized carbons (Fsp3) is 0.167. The SMILES string of the molecule is Cc1ccc(/C=N/NC(=O)CN2C(=O)COc3ccc(Cl)cc32)cc1. The molecule has 1 N–H and O–H groups in total. The van der Waals surface area contributed by atoms with E-state index in [2.05, 4.69) is 10.5 Å². The Labute approximate surface area is 150 Å². The second kappa shape index (κ2) is 7.36. The molecule has 0 saturated heterocycles. The first kappa shape index (κ1) is 17.0. The van der Waals surface area contributed by atoms with Crippen LogP contribution < -0.4 is 15.1 Å². The van der Waals surface area contributed by atoms with Gasteiger partial charge in [-0.05, 0) is 30.7 Å². The van der Waals surface area contributed by atoms with E-state index in [4.69, 9.17) is 16.3 Å². The number of nitrogens with one attached hydrogen (secondary N) is 1. The topological polar surface area (TPSA) is 71.0 Å². The maximum Gasteiger partial charge on any atom is 0.265 e. The molecule has 1 heterocycles. The molecule has 25 heavy (non-hydrogen) atoms. The van der Waals surface area contributed by atoms with Crippen molar-refractivity contribution in [3.05, 3.63) is 58.6 Å². The first-order valence-corrected chi connectivity index (χ1v) is 8.02. The van der Waals surface area contributed by atoms with Gasteiger partial charge in [0.15, 0.2) is 6.61 Å². The number of halogens is 1. The summed E-state index contributed by atoms with van der Waals surface area (Å²) < 4.78 is 5.34. The Hall–Kier alpha value is -2.86. The lowest BCUT2D eigenvalue weighted by atomic mass is 10.2. The van der Waals surface area contributed by atoms with Crippen LogP contribution in [0.1, 0.15) is 11.1 Å². The highest BCUT2D eigenvalue weighted by molar-refractivity contribution is 6.31. The molecule has 3 rings (SSSR count). The summed E-state index contributed by atoms with van der Waals surface area (Å²) in [6.07, 6.45) is 1.54. The molecule has 1 aliphatic rings. The molecule has 0 spiro atoms. The van der Waals surface area contributed by atoms with Crippen molar-refractivity contribution in [1.29, 1.82) is 0 Å². The molecule has 2 amide bonds. The number of hydrogen-bond donors (Lipinski definition) is 1. The third kappa shape index (κ3) is 4.16. The van der Waals surface area contributed by atoms with Crippen molar-refractivity contribution < 1.29 is 14.3 Å². The number of carbonyl (C=O) groups is 2. The molecule has 1 aliphatic heterocycles. The van der Waals surface area contributed by atoms with E-state index >= 15 is 0 Å². The minimum absolute atomic E-state index is 0.117. The van der Waals surface area contributed by atoms with Crippen molar-refractivity contribution >= 4 is 35.3 Å². The van der Waals surface area contributed by atoms with E-state index < -0.39 is 5.91 Å². The van der Waals surface area contributed by atoms with Crippen molar-refractivity contribution in [1.82, 2.24) is 5.43 Å². The molecular weight excluding hydrogens is 342 g/mol. The Kier molecular flexibility index (Phi) is 5.00. The number of hydrogen-bond acceptors (Lipinski definition) is 4. The third-order valence-electron chi connectivity index (χ3n) is 3.65. The Morgan fingerprint density at radius 2 is 2.08 bits per heavy atom. The average molecular weight is 358 g/mol. The van der Waals surface area contributed by atoms with Crippen LogP contribution in [0.3, 0.4) is 0 Å². The second-order valence-corrected chi connectivity index (χ2v) is 6.02. The number of hydrazone groups is 1. The van der Waals surface area contributed by atoms with Gasteiger partial charge in [-0.2, -0.15) is 5.10 Å². The summed E-state index contributed by atoms with van der Waals surface area (Å²) in [4.78, 5) is 25.5. The van der Waals surface area contributed by atoms with E-state index in [1.807, 2.05) is 31.2 Å². The highest BCUT2D eigenvalue weighted by Gasteiger charge is 2.27.